The van der Waals surface area contributed by atoms with Crippen LogP contribution in [0.25, 0.3) is 11.1 Å². The second kappa shape index (κ2) is 6.31. The van der Waals surface area contributed by atoms with Crippen molar-refractivity contribution in [3.05, 3.63) is 109 Å². The second-order valence-corrected chi connectivity index (χ2v) is 5.36. The van der Waals surface area contributed by atoms with E-state index in [9.17, 15) is 0 Å². The molecule has 1 nitrogen and oxygen atoms in total. The fourth-order valence-electron chi connectivity index (χ4n) is 2.48. The van der Waals surface area contributed by atoms with Crippen molar-refractivity contribution in [2.75, 3.05) is 0 Å². The highest BCUT2D eigenvalue weighted by atomic mass is 15.1. The maximum Gasteiger partial charge on any atom is 0.0383 e. The summed E-state index contributed by atoms with van der Waals surface area (Å²) in [6.45, 7) is 6.29. The summed E-state index contributed by atoms with van der Waals surface area (Å²) in [4.78, 5) is 2.06. The minimum atomic E-state index is 0.969. The Kier molecular flexibility index (Phi) is 4.06. The Hall–Kier alpha value is -2.80. The highest BCUT2D eigenvalue weighted by Crippen LogP contribution is 2.25. The van der Waals surface area contributed by atoms with Gasteiger partial charge in [0.05, 0.1) is 0 Å². The van der Waals surface area contributed by atoms with Crippen LogP contribution in [0.15, 0.2) is 97.5 Å². The summed E-state index contributed by atoms with van der Waals surface area (Å²) in [6.07, 6.45) is 8.42. The molecule has 1 heterocycles. The molecule has 3 rings (SSSR count). The molecule has 108 valence electrons. The van der Waals surface area contributed by atoms with E-state index in [-0.39, 0.29) is 0 Å². The standard InChI is InChI=1S/C21H19N/c1-17(19-9-5-3-6-10-19)16-22-14-13-21(15-18(22)2)20-11-7-4-8-12-20/h3-16H,2H2,1H3/b17-16+. The Morgan fingerprint density at radius 3 is 2.23 bits per heavy atom. The smallest absolute Gasteiger partial charge is 0.0383 e. The van der Waals surface area contributed by atoms with Crippen LogP contribution in [-0.2, 0) is 0 Å². The first-order chi connectivity index (χ1) is 10.7. The van der Waals surface area contributed by atoms with Gasteiger partial charge in [0.1, 0.15) is 0 Å². The summed E-state index contributed by atoms with van der Waals surface area (Å²) in [7, 11) is 0. The van der Waals surface area contributed by atoms with Crippen LogP contribution in [0.3, 0.4) is 0 Å². The topological polar surface area (TPSA) is 3.24 Å². The number of allylic oxidation sites excluding steroid dienone is 4. The van der Waals surface area contributed by atoms with E-state index in [1.165, 1.54) is 22.3 Å². The number of benzene rings is 2. The molecule has 1 aliphatic rings. The molecule has 0 saturated heterocycles. The number of rotatable bonds is 3. The van der Waals surface area contributed by atoms with E-state index in [4.69, 9.17) is 0 Å². The molecule has 2 aromatic rings. The maximum absolute atomic E-state index is 4.17. The number of nitrogens with zero attached hydrogens (tertiary/aromatic N) is 1. The van der Waals surface area contributed by atoms with Crippen molar-refractivity contribution in [1.29, 1.82) is 0 Å². The van der Waals surface area contributed by atoms with Gasteiger partial charge in [-0.3, -0.25) is 0 Å². The van der Waals surface area contributed by atoms with Crippen LogP contribution in [-0.4, -0.2) is 4.90 Å². The first kappa shape index (κ1) is 14.2. The van der Waals surface area contributed by atoms with E-state index in [0.29, 0.717) is 0 Å². The van der Waals surface area contributed by atoms with Gasteiger partial charge in [-0.2, -0.15) is 0 Å². The quantitative estimate of drug-likeness (QED) is 0.722. The first-order valence-electron chi connectivity index (χ1n) is 7.40. The van der Waals surface area contributed by atoms with Crippen LogP contribution in [0.2, 0.25) is 0 Å². The van der Waals surface area contributed by atoms with Crippen LogP contribution in [0.4, 0.5) is 0 Å². The molecule has 22 heavy (non-hydrogen) atoms. The van der Waals surface area contributed by atoms with Crippen molar-refractivity contribution < 1.29 is 0 Å². The monoisotopic (exact) mass is 285 g/mol. The Bertz CT molecular complexity index is 749. The molecule has 0 spiro atoms. The van der Waals surface area contributed by atoms with Crippen molar-refractivity contribution in [3.8, 4) is 0 Å². The van der Waals surface area contributed by atoms with Crippen LogP contribution in [0.5, 0.6) is 0 Å². The summed E-state index contributed by atoms with van der Waals surface area (Å²) < 4.78 is 0. The van der Waals surface area contributed by atoms with Gasteiger partial charge in [0, 0.05) is 18.1 Å². The molecule has 0 unspecified atom stereocenters. The van der Waals surface area contributed by atoms with Gasteiger partial charge in [-0.15, -0.1) is 0 Å². The Morgan fingerprint density at radius 1 is 0.955 bits per heavy atom. The third-order valence-electron chi connectivity index (χ3n) is 3.74. The van der Waals surface area contributed by atoms with Crippen LogP contribution in [0.1, 0.15) is 18.1 Å². The van der Waals surface area contributed by atoms with Crippen molar-refractivity contribution in [2.24, 2.45) is 0 Å². The minimum Gasteiger partial charge on any atom is -0.324 e. The van der Waals surface area contributed by atoms with Crippen molar-refractivity contribution >= 4 is 11.1 Å². The predicted octanol–water partition coefficient (Wildman–Crippen LogP) is 5.47. The molecule has 0 saturated carbocycles. The average Bonchev–Trinajstić information content (AvgIpc) is 2.58. The van der Waals surface area contributed by atoms with E-state index in [1.54, 1.807) is 0 Å². The minimum absolute atomic E-state index is 0.969. The van der Waals surface area contributed by atoms with Crippen molar-refractivity contribution in [1.82, 2.24) is 4.90 Å². The maximum atomic E-state index is 4.17. The second-order valence-electron chi connectivity index (χ2n) is 5.36. The van der Waals surface area contributed by atoms with Gasteiger partial charge in [0.15, 0.2) is 0 Å². The number of hydrogen-bond donors (Lipinski definition) is 0. The summed E-state index contributed by atoms with van der Waals surface area (Å²) in [5, 5.41) is 0. The first-order valence-corrected chi connectivity index (χ1v) is 7.40. The Balaban J connectivity index is 1.81. The lowest BCUT2D eigenvalue weighted by molar-refractivity contribution is 0.652. The third kappa shape index (κ3) is 3.09. The highest BCUT2D eigenvalue weighted by Gasteiger charge is 2.08. The third-order valence-corrected chi connectivity index (χ3v) is 3.74. The molecule has 0 N–H and O–H groups in total. The van der Waals surface area contributed by atoms with Gasteiger partial charge in [-0.25, -0.2) is 0 Å². The van der Waals surface area contributed by atoms with Gasteiger partial charge in [-0.05, 0) is 41.3 Å². The van der Waals surface area contributed by atoms with Gasteiger partial charge in [-0.1, -0.05) is 67.2 Å². The highest BCUT2D eigenvalue weighted by molar-refractivity contribution is 5.77. The summed E-state index contributed by atoms with van der Waals surface area (Å²) in [6, 6.07) is 20.8. The molecule has 0 aliphatic carbocycles. The van der Waals surface area contributed by atoms with E-state index >= 15 is 0 Å². The zero-order valence-corrected chi connectivity index (χ0v) is 12.7. The molecule has 1 heteroatoms. The van der Waals surface area contributed by atoms with Crippen LogP contribution in [0, 0.1) is 0 Å². The zero-order valence-electron chi connectivity index (χ0n) is 12.7. The molecule has 0 radical (unpaired) electrons. The largest absolute Gasteiger partial charge is 0.324 e. The molecular weight excluding hydrogens is 266 g/mol. The fourth-order valence-corrected chi connectivity index (χ4v) is 2.48. The summed E-state index contributed by atoms with van der Waals surface area (Å²) in [5.74, 6) is 0. The fraction of sp³-hybridized carbons (Fsp3) is 0.0476. The Morgan fingerprint density at radius 2 is 1.59 bits per heavy atom. The van der Waals surface area contributed by atoms with Gasteiger partial charge < -0.3 is 4.90 Å². The van der Waals surface area contributed by atoms with E-state index in [0.717, 1.165) is 5.70 Å². The molecule has 1 aliphatic heterocycles. The van der Waals surface area contributed by atoms with Crippen molar-refractivity contribution in [3.63, 3.8) is 0 Å². The van der Waals surface area contributed by atoms with Crippen molar-refractivity contribution in [2.45, 2.75) is 6.92 Å². The molecule has 0 atom stereocenters. The lowest BCUT2D eigenvalue weighted by atomic mass is 10.0. The molecule has 0 aromatic heterocycles. The summed E-state index contributed by atoms with van der Waals surface area (Å²) >= 11 is 0. The van der Waals surface area contributed by atoms with Gasteiger partial charge >= 0.3 is 0 Å². The molecule has 0 amide bonds. The molecule has 2 aromatic carbocycles. The van der Waals surface area contributed by atoms with Gasteiger partial charge in [0.25, 0.3) is 0 Å². The lowest BCUT2D eigenvalue weighted by Crippen LogP contribution is -2.10. The van der Waals surface area contributed by atoms with Gasteiger partial charge in [0.2, 0.25) is 0 Å². The molecule has 0 bridgehead atoms. The van der Waals surface area contributed by atoms with Crippen LogP contribution >= 0.6 is 0 Å². The average molecular weight is 285 g/mol. The number of hydrogen-bond acceptors (Lipinski definition) is 1. The SMILES string of the molecule is C=C1C=C(c2ccccc2)C=CN1/C=C(\C)c1ccccc1. The normalized spacial score (nSPS) is 15.0. The summed E-state index contributed by atoms with van der Waals surface area (Å²) in [5.41, 5.74) is 5.80. The van der Waals surface area contributed by atoms with E-state index in [1.807, 2.05) is 12.1 Å². The van der Waals surface area contributed by atoms with Crippen LogP contribution < -0.4 is 0 Å². The van der Waals surface area contributed by atoms with E-state index in [2.05, 4.69) is 91.5 Å². The molecule has 0 fully saturated rings. The predicted molar refractivity (Wildman–Crippen MR) is 94.6 cm³/mol. The lowest BCUT2D eigenvalue weighted by Gasteiger charge is -2.22. The Labute approximate surface area is 132 Å². The van der Waals surface area contributed by atoms with E-state index < -0.39 is 0 Å². The molecular formula is C21H19N. The zero-order chi connectivity index (χ0) is 15.4.